The largest absolute Gasteiger partial charge is 0.394 e. The van der Waals surface area contributed by atoms with E-state index >= 15 is 0 Å². The maximum absolute atomic E-state index is 12.1. The lowest BCUT2D eigenvalue weighted by Crippen LogP contribution is -2.68. The van der Waals surface area contributed by atoms with Gasteiger partial charge in [0.15, 0.2) is 62.9 Å². The molecule has 14 bridgehead atoms. The van der Waals surface area contributed by atoms with Crippen LogP contribution in [0.2, 0.25) is 0 Å². The third-order valence-electron chi connectivity index (χ3n) is 21.1. The lowest BCUT2D eigenvalue weighted by atomic mass is 9.95. The summed E-state index contributed by atoms with van der Waals surface area (Å²) < 4.78 is 115. The van der Waals surface area contributed by atoms with Crippen molar-refractivity contribution in [1.29, 1.82) is 0 Å². The molecule has 640 valence electrons. The van der Waals surface area contributed by atoms with Crippen molar-refractivity contribution in [2.75, 3.05) is 66.1 Å². The summed E-state index contributed by atoms with van der Waals surface area (Å²) in [7, 11) is 0. The molecule has 0 radical (unpaired) electrons. The van der Waals surface area contributed by atoms with Crippen molar-refractivity contribution in [1.82, 2.24) is 0 Å². The van der Waals surface area contributed by atoms with Gasteiger partial charge in [-0.3, -0.25) is 0 Å². The molecule has 0 aliphatic carbocycles. The molecular formula is C60H100O50. The van der Waals surface area contributed by atoms with Crippen molar-refractivity contribution < 1.29 is 248 Å². The summed E-state index contributed by atoms with van der Waals surface area (Å²) in [6.07, 6.45) is -106. The first kappa shape index (κ1) is 88.8. The molecule has 30 N–H and O–H groups in total. The highest BCUT2D eigenvalue weighted by molar-refractivity contribution is 5.04. The summed E-state index contributed by atoms with van der Waals surface area (Å²) in [5.74, 6) is 0. The van der Waals surface area contributed by atoms with Gasteiger partial charge in [0, 0.05) is 0 Å². The predicted molar refractivity (Wildman–Crippen MR) is 326 cm³/mol. The topological polar surface area (TPSA) is 792 Å². The van der Waals surface area contributed by atoms with Gasteiger partial charge >= 0.3 is 0 Å². The summed E-state index contributed by atoms with van der Waals surface area (Å²) in [6.45, 7) is -11.2. The fourth-order valence-electron chi connectivity index (χ4n) is 14.8. The van der Waals surface area contributed by atoms with Crippen LogP contribution in [0.5, 0.6) is 0 Å². The molecule has 24 saturated heterocycles. The molecule has 50 atom stereocenters. The van der Waals surface area contributed by atoms with Gasteiger partial charge in [0.1, 0.15) is 244 Å². The molecule has 0 aromatic carbocycles. The van der Waals surface area contributed by atoms with E-state index in [1.165, 1.54) is 0 Å². The predicted octanol–water partition coefficient (Wildman–Crippen LogP) is -21.8. The van der Waals surface area contributed by atoms with E-state index in [1.807, 2.05) is 0 Å². The van der Waals surface area contributed by atoms with Crippen LogP contribution < -0.4 is 0 Å². The minimum absolute atomic E-state index is 0.897. The minimum atomic E-state index is -2.47. The number of hydrogen-bond acceptors (Lipinski definition) is 50. The van der Waals surface area contributed by atoms with Gasteiger partial charge in [0.25, 0.3) is 0 Å². The first-order chi connectivity index (χ1) is 52.3. The third-order valence-corrected chi connectivity index (χ3v) is 21.1. The first-order valence-corrected chi connectivity index (χ1v) is 35.2. The first-order valence-electron chi connectivity index (χ1n) is 35.2. The Labute approximate surface area is 619 Å². The second-order valence-electron chi connectivity index (χ2n) is 28.1. The lowest BCUT2D eigenvalue weighted by molar-refractivity contribution is -0.400. The minimum Gasteiger partial charge on any atom is -0.394 e. The van der Waals surface area contributed by atoms with Gasteiger partial charge < -0.3 is 248 Å². The molecule has 24 heterocycles. The van der Waals surface area contributed by atoms with Crippen molar-refractivity contribution in [3.63, 3.8) is 0 Å². The molecule has 24 aliphatic heterocycles. The maximum atomic E-state index is 12.1. The average molecular weight is 1620 g/mol. The molecule has 0 amide bonds. The molecule has 24 fully saturated rings. The van der Waals surface area contributed by atoms with Crippen LogP contribution in [0.4, 0.5) is 0 Å². The molecule has 0 aromatic heterocycles. The Kier molecular flexibility index (Phi) is 30.6. The normalized spacial score (nSPS) is 55.0. The quantitative estimate of drug-likeness (QED) is 0.0682. The molecule has 0 saturated carbocycles. The van der Waals surface area contributed by atoms with E-state index in [9.17, 15) is 153 Å². The third kappa shape index (κ3) is 17.7. The van der Waals surface area contributed by atoms with Gasteiger partial charge in [-0.2, -0.15) is 0 Å². The van der Waals surface area contributed by atoms with Gasteiger partial charge in [0.05, 0.1) is 66.1 Å². The smallest absolute Gasteiger partial charge is 0.187 e. The molecule has 110 heavy (non-hydrogen) atoms. The molecule has 50 nitrogen and oxygen atoms in total. The number of hydrogen-bond donors (Lipinski definition) is 30. The van der Waals surface area contributed by atoms with E-state index in [0.29, 0.717) is 0 Å². The number of aliphatic hydroxyl groups is 30. The highest BCUT2D eigenvalue weighted by Gasteiger charge is 2.62. The van der Waals surface area contributed by atoms with Crippen LogP contribution in [0.1, 0.15) is 0 Å². The average Bonchev–Trinajstić information content (AvgIpc) is 0.778. The SMILES string of the molecule is OC[C@@H]1O[C@@H]2O[C@H]3[C@H](O)[C@@H](O)[C@@H](O[C@H]4[C@H](O)[C@H](O)[C@@H](O[C@H]5[C@@H](O)[C@H](O)[C@@H](O[C@H]6[C@H](O)[C@@H](O)[C@@H](O[C@H]7[C@H](O)[C@@H](O)[C@@H](O[C@H]8[C@H](O)[C@@H](O)[C@@H](O[C@H]1[C@H](O)[C@H]2O)O[C@H]8CO)O[C@H]7CO)O[C@@H]6CO)O[C@@H]5CO)O[C@@H]4CO)O[C@H]3CO[C@@H]1O[C@H](CO)[C@@H](O[C@@H]2O[C@H](CO)[C@H](O[C@@H]3O[C@H](CO)[C@H](O)[C@H](O)[C@H]3O)[C@H](O)[C@H]2O)[C@H](O)[C@H]1O. The fraction of sp³-hybridized carbons (Fsp3) is 1.00. The lowest BCUT2D eigenvalue weighted by Gasteiger charge is -2.50. The number of aliphatic hydroxyl groups excluding tert-OH is 30. The second-order valence-corrected chi connectivity index (χ2v) is 28.1. The van der Waals surface area contributed by atoms with Gasteiger partial charge in [-0.05, 0) is 0 Å². The van der Waals surface area contributed by atoms with Crippen molar-refractivity contribution in [2.24, 2.45) is 0 Å². The molecule has 0 aromatic rings. The summed E-state index contributed by atoms with van der Waals surface area (Å²) in [4.78, 5) is 0. The number of ether oxygens (including phenoxy) is 20. The van der Waals surface area contributed by atoms with Crippen LogP contribution in [-0.4, -0.2) is 526 Å². The highest BCUT2D eigenvalue weighted by Crippen LogP contribution is 2.41. The molecule has 0 unspecified atom stereocenters. The summed E-state index contributed by atoms with van der Waals surface area (Å²) >= 11 is 0. The summed E-state index contributed by atoms with van der Waals surface area (Å²) in [5, 5.41) is 334. The molecule has 50 heteroatoms. The van der Waals surface area contributed by atoms with Crippen molar-refractivity contribution in [3.8, 4) is 0 Å². The van der Waals surface area contributed by atoms with Gasteiger partial charge in [0.2, 0.25) is 0 Å². The zero-order valence-corrected chi connectivity index (χ0v) is 57.5. The molecule has 24 rings (SSSR count). The van der Waals surface area contributed by atoms with Gasteiger partial charge in [-0.25, -0.2) is 0 Å². The van der Waals surface area contributed by atoms with Crippen LogP contribution >= 0.6 is 0 Å². The van der Waals surface area contributed by atoms with Crippen molar-refractivity contribution in [3.05, 3.63) is 0 Å². The van der Waals surface area contributed by atoms with Gasteiger partial charge in [-0.1, -0.05) is 0 Å². The van der Waals surface area contributed by atoms with E-state index in [0.717, 1.165) is 0 Å². The van der Waals surface area contributed by atoms with E-state index in [4.69, 9.17) is 94.7 Å². The Morgan fingerprint density at radius 2 is 0.364 bits per heavy atom. The van der Waals surface area contributed by atoms with E-state index in [2.05, 4.69) is 0 Å². The van der Waals surface area contributed by atoms with Crippen LogP contribution in [0.25, 0.3) is 0 Å². The Morgan fingerprint density at radius 3 is 0.609 bits per heavy atom. The highest BCUT2D eigenvalue weighted by atomic mass is 16.8. The Bertz CT molecular complexity index is 2780. The van der Waals surface area contributed by atoms with Crippen LogP contribution in [0.15, 0.2) is 0 Å². The Balaban J connectivity index is 0.852. The molecular weight excluding hydrogens is 1520 g/mol. The van der Waals surface area contributed by atoms with E-state index in [-0.39, 0.29) is 0 Å². The number of rotatable bonds is 16. The van der Waals surface area contributed by atoms with Crippen LogP contribution in [-0.2, 0) is 94.7 Å². The van der Waals surface area contributed by atoms with Crippen molar-refractivity contribution in [2.45, 2.75) is 307 Å². The monoisotopic (exact) mass is 1620 g/mol. The Morgan fingerprint density at radius 1 is 0.164 bits per heavy atom. The maximum Gasteiger partial charge on any atom is 0.187 e. The van der Waals surface area contributed by atoms with Crippen LogP contribution in [0, 0.1) is 0 Å². The molecule has 24 aliphatic rings. The zero-order valence-electron chi connectivity index (χ0n) is 57.5. The van der Waals surface area contributed by atoms with E-state index in [1.54, 1.807) is 0 Å². The standard InChI is InChI=1S/C60H100O50/c61-1-11-21(70)22(71)32(81)52(92-11)102-43-13(3-63)94-53(34(83)24(43)73)103-42-12(2-62)93-51(33(82)23(42)72)91-10-20-50-31(80)41(90)60(101-20)109-49-19(9-69)99-58(39(88)29(49)78)107-47-17(7-67)97-56(37(86)27(47)76)105-45-15(5-65)95-54(35(84)25(45)74)104-44-14(4-64)96-55(36(85)26(44)75)106-46-16(6-66)98-57(38(87)28(46)77)108-48-18(8-68)100-59(110-50)40(89)30(48)79/h11-90H,1-10H2/t11-,12-,13-,14+,15-,16+,17-,18+,19-,20+,21+,22+,23-,24-,25-,26-,27+,28-,29-,30-,31-,32-,33-,34-,35-,36-,37+,38-,39+,40-,41-,42-,43+,44-,45-,46-,47-,48-,49-,50-,51-,52+,53+,54-,55-,56-,57-,58-,59-,60-/m1/s1. The van der Waals surface area contributed by atoms with Gasteiger partial charge in [-0.15, -0.1) is 0 Å². The second kappa shape index (κ2) is 37.9. The molecule has 0 spiro atoms. The summed E-state index contributed by atoms with van der Waals surface area (Å²) in [6, 6.07) is 0. The van der Waals surface area contributed by atoms with Crippen LogP contribution in [0.3, 0.4) is 0 Å². The Hall–Kier alpha value is -2.00. The fourth-order valence-corrected chi connectivity index (χ4v) is 14.8. The zero-order chi connectivity index (χ0) is 80.1. The van der Waals surface area contributed by atoms with E-state index < -0.39 is 373 Å². The van der Waals surface area contributed by atoms with Crippen molar-refractivity contribution >= 4 is 0 Å². The summed E-state index contributed by atoms with van der Waals surface area (Å²) in [5.41, 5.74) is 0.